The van der Waals surface area contributed by atoms with Crippen molar-refractivity contribution in [2.24, 2.45) is 17.1 Å². The Labute approximate surface area is 117 Å². The van der Waals surface area contributed by atoms with Crippen molar-refractivity contribution in [2.75, 3.05) is 13.2 Å². The number of rotatable bonds is 4. The number of carboxylic acid groups (broad SMARTS) is 1. The Balaban J connectivity index is 2.17. The van der Waals surface area contributed by atoms with Crippen LogP contribution in [0.15, 0.2) is 0 Å². The normalized spacial score (nSPS) is 36.4. The molecule has 1 amide bonds. The van der Waals surface area contributed by atoms with Gasteiger partial charge >= 0.3 is 5.97 Å². The molecule has 4 atom stereocenters. The van der Waals surface area contributed by atoms with Crippen LogP contribution in [0.4, 0.5) is 0 Å². The van der Waals surface area contributed by atoms with Crippen molar-refractivity contribution in [1.82, 2.24) is 5.32 Å². The number of aliphatic hydroxyl groups is 1. The Morgan fingerprint density at radius 3 is 2.70 bits per heavy atom. The van der Waals surface area contributed by atoms with Crippen LogP contribution in [0, 0.1) is 11.3 Å². The van der Waals surface area contributed by atoms with Crippen LogP contribution in [0.3, 0.4) is 0 Å². The monoisotopic (exact) mass is 286 g/mol. The van der Waals surface area contributed by atoms with Crippen molar-refractivity contribution in [3.63, 3.8) is 0 Å². The number of hydrogen-bond acceptors (Lipinski definition) is 5. The van der Waals surface area contributed by atoms with Crippen LogP contribution in [-0.2, 0) is 14.3 Å². The maximum absolute atomic E-state index is 12.4. The molecule has 2 aliphatic rings. The lowest BCUT2D eigenvalue weighted by atomic mass is 9.46. The minimum Gasteiger partial charge on any atom is -0.480 e. The lowest BCUT2D eigenvalue weighted by Crippen LogP contribution is -2.82. The van der Waals surface area contributed by atoms with Crippen LogP contribution in [0.2, 0.25) is 0 Å². The Bertz CT molecular complexity index is 425. The Morgan fingerprint density at radius 1 is 1.50 bits per heavy atom. The summed E-state index contributed by atoms with van der Waals surface area (Å²) in [6.07, 6.45) is 1.55. The minimum atomic E-state index is -1.33. The molecule has 2 rings (SSSR count). The number of amides is 1. The molecule has 5 N–H and O–H groups in total. The molecule has 7 heteroatoms. The summed E-state index contributed by atoms with van der Waals surface area (Å²) in [5.41, 5.74) is 4.58. The SMILES string of the molecule is CC1(C)C2OCCCC2C1(N)C(=O)NC(CO)C(=O)O. The second-order valence-electron chi connectivity index (χ2n) is 6.18. The molecule has 0 aromatic rings. The van der Waals surface area contributed by atoms with Gasteiger partial charge in [-0.25, -0.2) is 4.79 Å². The molecule has 0 spiro atoms. The van der Waals surface area contributed by atoms with Crippen molar-refractivity contribution in [3.05, 3.63) is 0 Å². The van der Waals surface area contributed by atoms with Gasteiger partial charge in [0.15, 0.2) is 0 Å². The molecule has 0 bridgehead atoms. The fraction of sp³-hybridized carbons (Fsp3) is 0.846. The third-order valence-electron chi connectivity index (χ3n) is 4.85. The molecular formula is C13H22N2O5. The van der Waals surface area contributed by atoms with E-state index in [0.29, 0.717) is 6.61 Å². The molecule has 1 aliphatic heterocycles. The Morgan fingerprint density at radius 2 is 2.15 bits per heavy atom. The molecule has 7 nitrogen and oxygen atoms in total. The number of nitrogens with one attached hydrogen (secondary N) is 1. The highest BCUT2D eigenvalue weighted by molar-refractivity contribution is 5.92. The highest BCUT2D eigenvalue weighted by Crippen LogP contribution is 2.57. The summed E-state index contributed by atoms with van der Waals surface area (Å²) in [6.45, 7) is 3.71. The standard InChI is InChI=1S/C13H22N2O5/c1-12(2)9-7(4-3-5-20-9)13(12,14)11(19)15-8(6-16)10(17)18/h7-9,16H,3-6,14H2,1-2H3,(H,15,19)(H,17,18). The summed E-state index contributed by atoms with van der Waals surface area (Å²) in [5.74, 6) is -1.92. The van der Waals surface area contributed by atoms with Crippen LogP contribution >= 0.6 is 0 Å². The number of hydrogen-bond donors (Lipinski definition) is 4. The number of nitrogens with two attached hydrogens (primary N) is 1. The molecule has 114 valence electrons. The first-order chi connectivity index (χ1) is 9.26. The number of aliphatic carboxylic acids is 1. The molecule has 0 radical (unpaired) electrons. The van der Waals surface area contributed by atoms with E-state index in [1.165, 1.54) is 0 Å². The molecule has 1 heterocycles. The summed E-state index contributed by atoms with van der Waals surface area (Å²) >= 11 is 0. The molecule has 4 unspecified atom stereocenters. The topological polar surface area (TPSA) is 122 Å². The van der Waals surface area contributed by atoms with Gasteiger partial charge in [0.1, 0.15) is 11.6 Å². The highest BCUT2D eigenvalue weighted by Gasteiger charge is 2.70. The summed E-state index contributed by atoms with van der Waals surface area (Å²) in [4.78, 5) is 23.3. The summed E-state index contributed by atoms with van der Waals surface area (Å²) in [6, 6.07) is -1.33. The largest absolute Gasteiger partial charge is 0.480 e. The van der Waals surface area contributed by atoms with Gasteiger partial charge < -0.3 is 26.0 Å². The van der Waals surface area contributed by atoms with Crippen LogP contribution in [-0.4, -0.2) is 53.0 Å². The van der Waals surface area contributed by atoms with Crippen LogP contribution in [0.5, 0.6) is 0 Å². The van der Waals surface area contributed by atoms with Crippen molar-refractivity contribution in [1.29, 1.82) is 0 Å². The van der Waals surface area contributed by atoms with E-state index in [1.54, 1.807) is 0 Å². The maximum atomic E-state index is 12.4. The number of aliphatic hydroxyl groups excluding tert-OH is 1. The average Bonchev–Trinajstić information content (AvgIpc) is 2.43. The van der Waals surface area contributed by atoms with Gasteiger partial charge in [0, 0.05) is 17.9 Å². The van der Waals surface area contributed by atoms with Crippen LogP contribution in [0.25, 0.3) is 0 Å². The predicted molar refractivity (Wildman–Crippen MR) is 69.8 cm³/mol. The first-order valence-electron chi connectivity index (χ1n) is 6.82. The number of carbonyl (C=O) groups is 2. The van der Waals surface area contributed by atoms with Crippen molar-refractivity contribution in [3.8, 4) is 0 Å². The van der Waals surface area contributed by atoms with Gasteiger partial charge in [0.2, 0.25) is 5.91 Å². The van der Waals surface area contributed by atoms with Crippen LogP contribution < -0.4 is 11.1 Å². The van der Waals surface area contributed by atoms with Crippen molar-refractivity contribution >= 4 is 11.9 Å². The van der Waals surface area contributed by atoms with Gasteiger partial charge in [-0.2, -0.15) is 0 Å². The second kappa shape index (κ2) is 4.98. The fourth-order valence-electron chi connectivity index (χ4n) is 3.50. The van der Waals surface area contributed by atoms with E-state index in [9.17, 15) is 9.59 Å². The highest BCUT2D eigenvalue weighted by atomic mass is 16.5. The molecule has 1 saturated heterocycles. The van der Waals surface area contributed by atoms with E-state index >= 15 is 0 Å². The molecular weight excluding hydrogens is 264 g/mol. The number of carbonyl (C=O) groups excluding carboxylic acids is 1. The van der Waals surface area contributed by atoms with E-state index in [2.05, 4.69) is 5.32 Å². The van der Waals surface area contributed by atoms with Gasteiger partial charge in [-0.05, 0) is 12.8 Å². The Hall–Kier alpha value is -1.18. The molecule has 0 aromatic carbocycles. The molecule has 2 fully saturated rings. The van der Waals surface area contributed by atoms with Gasteiger partial charge in [0.05, 0.1) is 12.7 Å². The average molecular weight is 286 g/mol. The zero-order chi connectivity index (χ0) is 15.1. The lowest BCUT2D eigenvalue weighted by molar-refractivity contribution is -0.225. The van der Waals surface area contributed by atoms with Crippen molar-refractivity contribution < 1.29 is 24.5 Å². The van der Waals surface area contributed by atoms with E-state index < -0.39 is 35.5 Å². The summed E-state index contributed by atoms with van der Waals surface area (Å²) in [5, 5.41) is 20.2. The zero-order valence-corrected chi connectivity index (χ0v) is 11.8. The first-order valence-corrected chi connectivity index (χ1v) is 6.82. The zero-order valence-electron chi connectivity index (χ0n) is 11.8. The lowest BCUT2D eigenvalue weighted by Gasteiger charge is -2.65. The van der Waals surface area contributed by atoms with E-state index in [1.807, 2.05) is 13.8 Å². The van der Waals surface area contributed by atoms with E-state index in [4.69, 9.17) is 20.7 Å². The Kier molecular flexibility index (Phi) is 3.79. The molecule has 1 aliphatic carbocycles. The van der Waals surface area contributed by atoms with Gasteiger partial charge in [0.25, 0.3) is 0 Å². The van der Waals surface area contributed by atoms with Crippen LogP contribution in [0.1, 0.15) is 26.7 Å². The molecule has 0 aromatic heterocycles. The third-order valence-corrected chi connectivity index (χ3v) is 4.85. The summed E-state index contributed by atoms with van der Waals surface area (Å²) < 4.78 is 5.69. The number of fused-ring (bicyclic) bond motifs is 1. The second-order valence-corrected chi connectivity index (χ2v) is 6.18. The first kappa shape index (κ1) is 15.2. The van der Waals surface area contributed by atoms with Crippen molar-refractivity contribution in [2.45, 2.75) is 44.4 Å². The fourth-order valence-corrected chi connectivity index (χ4v) is 3.50. The van der Waals surface area contributed by atoms with Gasteiger partial charge in [-0.3, -0.25) is 4.79 Å². The number of carboxylic acids is 1. The number of ether oxygens (including phenoxy) is 1. The smallest absolute Gasteiger partial charge is 0.328 e. The maximum Gasteiger partial charge on any atom is 0.328 e. The third kappa shape index (κ3) is 1.92. The van der Waals surface area contributed by atoms with Gasteiger partial charge in [-0.1, -0.05) is 13.8 Å². The van der Waals surface area contributed by atoms with Gasteiger partial charge in [-0.15, -0.1) is 0 Å². The summed E-state index contributed by atoms with van der Waals surface area (Å²) in [7, 11) is 0. The van der Waals surface area contributed by atoms with E-state index in [-0.39, 0.29) is 12.0 Å². The molecule has 1 saturated carbocycles. The predicted octanol–water partition coefficient (Wildman–Crippen LogP) is -0.919. The quantitative estimate of drug-likeness (QED) is 0.530. The molecule has 20 heavy (non-hydrogen) atoms. The van der Waals surface area contributed by atoms with E-state index in [0.717, 1.165) is 12.8 Å². The minimum absolute atomic E-state index is 0.0793.